The summed E-state index contributed by atoms with van der Waals surface area (Å²) >= 11 is 0. The number of rotatable bonds is 8. The van der Waals surface area contributed by atoms with Crippen LogP contribution in [0.4, 0.5) is 4.39 Å². The average molecular weight is 452 g/mol. The van der Waals surface area contributed by atoms with Gasteiger partial charge in [0, 0.05) is 32.3 Å². The van der Waals surface area contributed by atoms with E-state index in [1.807, 2.05) is 0 Å². The summed E-state index contributed by atoms with van der Waals surface area (Å²) in [4.78, 5) is 21.5. The van der Waals surface area contributed by atoms with Gasteiger partial charge in [-0.1, -0.05) is 0 Å². The topological polar surface area (TPSA) is 98.7 Å². The number of piperidine rings is 1. The Morgan fingerprint density at radius 2 is 1.90 bits per heavy atom. The van der Waals surface area contributed by atoms with Crippen molar-refractivity contribution in [2.45, 2.75) is 44.1 Å². The van der Waals surface area contributed by atoms with Crippen molar-refractivity contribution in [1.29, 1.82) is 0 Å². The lowest BCUT2D eigenvalue weighted by molar-refractivity contribution is -0.117. The van der Waals surface area contributed by atoms with Crippen LogP contribution < -0.4 is 9.47 Å². The van der Waals surface area contributed by atoms with Gasteiger partial charge >= 0.3 is 0 Å². The lowest BCUT2D eigenvalue weighted by Gasteiger charge is -2.31. The van der Waals surface area contributed by atoms with Crippen LogP contribution in [0.3, 0.4) is 0 Å². The van der Waals surface area contributed by atoms with Gasteiger partial charge in [0.15, 0.2) is 21.4 Å². The van der Waals surface area contributed by atoms with Gasteiger partial charge in [-0.2, -0.15) is 0 Å². The van der Waals surface area contributed by atoms with Gasteiger partial charge in [0.25, 0.3) is 0 Å². The number of hydrogen-bond acceptors (Lipinski definition) is 8. The highest BCUT2D eigenvalue weighted by Gasteiger charge is 2.23. The van der Waals surface area contributed by atoms with Gasteiger partial charge in [-0.05, 0) is 44.9 Å². The minimum absolute atomic E-state index is 0.0270. The Morgan fingerprint density at radius 1 is 1.23 bits per heavy atom. The first-order valence-corrected chi connectivity index (χ1v) is 11.9. The van der Waals surface area contributed by atoms with Gasteiger partial charge in [-0.3, -0.25) is 4.79 Å². The lowest BCUT2D eigenvalue weighted by Crippen LogP contribution is -2.39. The molecule has 168 valence electrons. The second-order valence-corrected chi connectivity index (χ2v) is 9.70. The molecule has 10 heteroatoms. The van der Waals surface area contributed by atoms with Crippen LogP contribution in [0.1, 0.15) is 31.7 Å². The van der Waals surface area contributed by atoms with E-state index in [1.165, 1.54) is 18.5 Å². The predicted molar refractivity (Wildman–Crippen MR) is 112 cm³/mol. The highest BCUT2D eigenvalue weighted by atomic mass is 32.2. The molecule has 1 aliphatic rings. The average Bonchev–Trinajstić information content (AvgIpc) is 2.71. The Hall–Kier alpha value is -2.59. The van der Waals surface area contributed by atoms with Crippen LogP contribution in [0.25, 0.3) is 0 Å². The van der Waals surface area contributed by atoms with Gasteiger partial charge in [0.1, 0.15) is 18.2 Å². The molecule has 1 saturated heterocycles. The van der Waals surface area contributed by atoms with Gasteiger partial charge < -0.3 is 14.4 Å². The molecular weight excluding hydrogens is 425 g/mol. The number of hydrogen-bond donors (Lipinski definition) is 0. The van der Waals surface area contributed by atoms with Crippen molar-refractivity contribution < 1.29 is 27.1 Å². The summed E-state index contributed by atoms with van der Waals surface area (Å²) in [6.07, 6.45) is 4.43. The van der Waals surface area contributed by atoms with Crippen LogP contribution in [0.15, 0.2) is 29.4 Å². The number of carbonyl (C=O) groups excluding carboxylic acids is 1. The van der Waals surface area contributed by atoms with Crippen LogP contribution in [0, 0.1) is 12.7 Å². The zero-order valence-electron chi connectivity index (χ0n) is 17.8. The molecule has 3 rings (SSSR count). The number of halogens is 1. The molecule has 0 bridgehead atoms. The summed E-state index contributed by atoms with van der Waals surface area (Å²) in [5.74, 6) is -0.263. The number of ether oxygens (including phenoxy) is 2. The molecule has 1 aliphatic heterocycles. The first-order valence-electron chi connectivity index (χ1n) is 10.0. The Labute approximate surface area is 181 Å². The van der Waals surface area contributed by atoms with Crippen LogP contribution in [-0.4, -0.2) is 61.1 Å². The number of carbonyl (C=O) groups is 1. The van der Waals surface area contributed by atoms with E-state index in [-0.39, 0.29) is 28.4 Å². The number of Topliss-reactive ketones (excluding diaryl/α,β-unsaturated/α-hetero) is 1. The molecular formula is C21H26FN3O5S. The van der Waals surface area contributed by atoms with E-state index in [0.29, 0.717) is 17.9 Å². The number of ketones is 1. The fourth-order valence-electron chi connectivity index (χ4n) is 3.26. The third-order valence-electron chi connectivity index (χ3n) is 5.12. The maximum atomic E-state index is 14.3. The minimum atomic E-state index is -3.52. The third-order valence-corrected chi connectivity index (χ3v) is 6.23. The summed E-state index contributed by atoms with van der Waals surface area (Å²) in [6, 6.07) is 3.45. The van der Waals surface area contributed by atoms with Gasteiger partial charge in [-0.15, -0.1) is 0 Å². The molecule has 8 nitrogen and oxygen atoms in total. The molecule has 31 heavy (non-hydrogen) atoms. The zero-order valence-corrected chi connectivity index (χ0v) is 18.6. The Morgan fingerprint density at radius 3 is 2.52 bits per heavy atom. The van der Waals surface area contributed by atoms with Gasteiger partial charge in [0.2, 0.25) is 11.8 Å². The number of aromatic nitrogens is 2. The van der Waals surface area contributed by atoms with Crippen molar-refractivity contribution in [2.75, 3.05) is 25.9 Å². The monoisotopic (exact) mass is 451 g/mol. The normalized spacial score (nSPS) is 15.6. The molecule has 0 aliphatic carbocycles. The largest absolute Gasteiger partial charge is 0.474 e. The standard InChI is InChI=1S/C21H26FN3O5S/c1-14(26)6-9-25-10-7-16(8-11-25)29-20-15(2)21(24-13-23-20)30-19-5-4-17(12-18(19)22)31(3,27)28/h4-5,12-13,16H,6-11H2,1-3H3. The summed E-state index contributed by atoms with van der Waals surface area (Å²) < 4.78 is 49.1. The molecule has 0 amide bonds. The number of sulfone groups is 1. The van der Waals surface area contributed by atoms with E-state index >= 15 is 0 Å². The van der Waals surface area contributed by atoms with Crippen molar-refractivity contribution in [3.05, 3.63) is 35.9 Å². The molecule has 0 radical (unpaired) electrons. The highest BCUT2D eigenvalue weighted by Crippen LogP contribution is 2.31. The zero-order chi connectivity index (χ0) is 22.6. The Balaban J connectivity index is 1.65. The highest BCUT2D eigenvalue weighted by molar-refractivity contribution is 7.90. The first kappa shape index (κ1) is 23.1. The van der Waals surface area contributed by atoms with Crippen molar-refractivity contribution >= 4 is 15.6 Å². The van der Waals surface area contributed by atoms with E-state index in [1.54, 1.807) is 13.8 Å². The predicted octanol–water partition coefficient (Wildman–Crippen LogP) is 2.94. The maximum absolute atomic E-state index is 14.3. The summed E-state index contributed by atoms with van der Waals surface area (Å²) in [5, 5.41) is 0. The third kappa shape index (κ3) is 6.20. The number of likely N-dealkylation sites (tertiary alicyclic amines) is 1. The van der Waals surface area contributed by atoms with Crippen LogP contribution in [0.2, 0.25) is 0 Å². The molecule has 0 spiro atoms. The summed E-state index contributed by atoms with van der Waals surface area (Å²) in [6.45, 7) is 5.75. The number of nitrogens with zero attached hydrogens (tertiary/aromatic N) is 3. The van der Waals surface area contributed by atoms with Crippen molar-refractivity contribution in [1.82, 2.24) is 14.9 Å². The Bertz CT molecular complexity index is 1050. The first-order chi connectivity index (χ1) is 14.6. The molecule has 2 heterocycles. The molecule has 0 unspecified atom stereocenters. The quantitative estimate of drug-likeness (QED) is 0.604. The minimum Gasteiger partial charge on any atom is -0.474 e. The molecule has 0 atom stereocenters. The smallest absolute Gasteiger partial charge is 0.229 e. The second kappa shape index (κ2) is 9.69. The van der Waals surface area contributed by atoms with Crippen molar-refractivity contribution in [2.24, 2.45) is 0 Å². The van der Waals surface area contributed by atoms with Crippen molar-refractivity contribution in [3.8, 4) is 17.5 Å². The fraction of sp³-hybridized carbons (Fsp3) is 0.476. The molecule has 1 aromatic heterocycles. The summed E-state index contributed by atoms with van der Waals surface area (Å²) in [7, 11) is -3.52. The van der Waals surface area contributed by atoms with Crippen molar-refractivity contribution in [3.63, 3.8) is 0 Å². The van der Waals surface area contributed by atoms with E-state index in [2.05, 4.69) is 14.9 Å². The van der Waals surface area contributed by atoms with E-state index in [0.717, 1.165) is 44.8 Å². The molecule has 2 aromatic rings. The van der Waals surface area contributed by atoms with Crippen LogP contribution >= 0.6 is 0 Å². The Kier molecular flexibility index (Phi) is 7.22. The van der Waals surface area contributed by atoms with Crippen LogP contribution in [0.5, 0.6) is 17.5 Å². The van der Waals surface area contributed by atoms with E-state index < -0.39 is 15.7 Å². The molecule has 1 aromatic carbocycles. The molecule has 1 fully saturated rings. The van der Waals surface area contributed by atoms with E-state index in [9.17, 15) is 17.6 Å². The summed E-state index contributed by atoms with van der Waals surface area (Å²) in [5.41, 5.74) is 0.521. The maximum Gasteiger partial charge on any atom is 0.229 e. The fourth-order valence-corrected chi connectivity index (χ4v) is 3.90. The van der Waals surface area contributed by atoms with Gasteiger partial charge in [0.05, 0.1) is 10.5 Å². The molecule has 0 saturated carbocycles. The lowest BCUT2D eigenvalue weighted by atomic mass is 10.1. The van der Waals surface area contributed by atoms with Crippen LogP contribution in [-0.2, 0) is 14.6 Å². The van der Waals surface area contributed by atoms with E-state index in [4.69, 9.17) is 9.47 Å². The molecule has 0 N–H and O–H groups in total. The number of benzene rings is 1. The SMILES string of the molecule is CC(=O)CCN1CCC(Oc2ncnc(Oc3ccc(S(C)(=O)=O)cc3F)c2C)CC1. The van der Waals surface area contributed by atoms with Gasteiger partial charge in [-0.25, -0.2) is 22.8 Å². The second-order valence-electron chi connectivity index (χ2n) is 7.69.